The summed E-state index contributed by atoms with van der Waals surface area (Å²) in [7, 11) is 3.03. The maximum Gasteiger partial charge on any atom is 0.411 e. The summed E-state index contributed by atoms with van der Waals surface area (Å²) in [6, 6.07) is 12.4. The lowest BCUT2D eigenvalue weighted by molar-refractivity contribution is -0.122. The SMILES string of the molecule is COC(=O)Nc1ccc(C(=O)NC(Cc2ccn(C)n2)C(=O)NCCc2cc(Cl)ccc2-n2cnnn2)cc1. The smallest absolute Gasteiger partial charge is 0.411 e. The predicted octanol–water partition coefficient (Wildman–Crippen LogP) is 1.93. The number of anilines is 1. The maximum atomic E-state index is 13.2. The van der Waals surface area contributed by atoms with Gasteiger partial charge in [0.15, 0.2) is 0 Å². The summed E-state index contributed by atoms with van der Waals surface area (Å²) < 4.78 is 7.70. The van der Waals surface area contributed by atoms with Gasteiger partial charge in [-0.25, -0.2) is 9.48 Å². The summed E-state index contributed by atoms with van der Waals surface area (Å²) >= 11 is 6.19. The van der Waals surface area contributed by atoms with E-state index < -0.39 is 18.0 Å². The average molecular weight is 552 g/mol. The van der Waals surface area contributed by atoms with E-state index in [2.05, 4.69) is 41.3 Å². The number of nitrogens with zero attached hydrogens (tertiary/aromatic N) is 6. The Morgan fingerprint density at radius 3 is 2.56 bits per heavy atom. The fraction of sp³-hybridized carbons (Fsp3) is 0.240. The van der Waals surface area contributed by atoms with Crippen LogP contribution in [0.1, 0.15) is 21.6 Å². The molecule has 1 atom stereocenters. The molecule has 0 aliphatic carbocycles. The summed E-state index contributed by atoms with van der Waals surface area (Å²) in [4.78, 5) is 37.6. The minimum atomic E-state index is -0.890. The van der Waals surface area contributed by atoms with Crippen molar-refractivity contribution in [2.45, 2.75) is 18.9 Å². The molecule has 4 rings (SSSR count). The number of nitrogens with one attached hydrogen (secondary N) is 3. The first-order valence-corrected chi connectivity index (χ1v) is 12.2. The Hall–Kier alpha value is -4.78. The zero-order valence-corrected chi connectivity index (χ0v) is 21.9. The molecule has 0 spiro atoms. The van der Waals surface area contributed by atoms with Crippen LogP contribution in [0.15, 0.2) is 61.1 Å². The molecule has 0 bridgehead atoms. The summed E-state index contributed by atoms with van der Waals surface area (Å²) in [5.41, 5.74) is 2.99. The molecule has 1 unspecified atom stereocenters. The minimum absolute atomic E-state index is 0.188. The van der Waals surface area contributed by atoms with Crippen LogP contribution in [0.3, 0.4) is 0 Å². The summed E-state index contributed by atoms with van der Waals surface area (Å²) in [5, 5.41) is 24.3. The number of ether oxygens (including phenoxy) is 1. The van der Waals surface area contributed by atoms with E-state index in [4.69, 9.17) is 11.6 Å². The summed E-state index contributed by atoms with van der Waals surface area (Å²) in [6.07, 6.45) is 3.25. The van der Waals surface area contributed by atoms with Crippen LogP contribution in [0.25, 0.3) is 5.69 Å². The van der Waals surface area contributed by atoms with Crippen LogP contribution < -0.4 is 16.0 Å². The molecule has 0 aliphatic heterocycles. The number of rotatable bonds is 10. The van der Waals surface area contributed by atoms with E-state index in [-0.39, 0.29) is 18.9 Å². The lowest BCUT2D eigenvalue weighted by Crippen LogP contribution is -2.48. The molecule has 39 heavy (non-hydrogen) atoms. The number of hydrogen-bond acceptors (Lipinski definition) is 8. The normalized spacial score (nSPS) is 11.5. The third-order valence-electron chi connectivity index (χ3n) is 5.71. The number of amides is 3. The van der Waals surface area contributed by atoms with E-state index in [0.29, 0.717) is 28.4 Å². The lowest BCUT2D eigenvalue weighted by atomic mass is 10.1. The van der Waals surface area contributed by atoms with Crippen molar-refractivity contribution in [1.29, 1.82) is 0 Å². The number of aryl methyl sites for hydroxylation is 1. The van der Waals surface area contributed by atoms with Crippen LogP contribution in [0.5, 0.6) is 0 Å². The van der Waals surface area contributed by atoms with Gasteiger partial charge in [0.2, 0.25) is 5.91 Å². The van der Waals surface area contributed by atoms with E-state index in [1.807, 2.05) is 0 Å². The first-order chi connectivity index (χ1) is 18.8. The molecule has 13 nitrogen and oxygen atoms in total. The monoisotopic (exact) mass is 551 g/mol. The van der Waals surface area contributed by atoms with Crippen molar-refractivity contribution in [2.75, 3.05) is 19.0 Å². The van der Waals surface area contributed by atoms with Crippen molar-refractivity contribution in [3.8, 4) is 5.69 Å². The average Bonchev–Trinajstić information content (AvgIpc) is 3.60. The molecule has 0 saturated heterocycles. The summed E-state index contributed by atoms with van der Waals surface area (Å²) in [5.74, 6) is -0.824. The Kier molecular flexibility index (Phi) is 8.84. The minimum Gasteiger partial charge on any atom is -0.453 e. The molecular formula is C25H26ClN9O4. The van der Waals surface area contributed by atoms with Crippen molar-refractivity contribution in [3.63, 3.8) is 0 Å². The summed E-state index contributed by atoms with van der Waals surface area (Å²) in [6.45, 7) is 0.275. The van der Waals surface area contributed by atoms with Gasteiger partial charge in [-0.05, 0) is 70.9 Å². The number of hydrogen-bond donors (Lipinski definition) is 3. The van der Waals surface area contributed by atoms with Gasteiger partial charge in [-0.1, -0.05) is 11.6 Å². The van der Waals surface area contributed by atoms with Gasteiger partial charge in [-0.15, -0.1) is 5.10 Å². The maximum absolute atomic E-state index is 13.2. The van der Waals surface area contributed by atoms with Crippen molar-refractivity contribution in [3.05, 3.63) is 82.9 Å². The van der Waals surface area contributed by atoms with Gasteiger partial charge in [-0.2, -0.15) is 5.10 Å². The van der Waals surface area contributed by atoms with Crippen LogP contribution in [0.4, 0.5) is 10.5 Å². The first-order valence-electron chi connectivity index (χ1n) is 11.9. The number of methoxy groups -OCH3 is 1. The number of tetrazole rings is 1. The van der Waals surface area contributed by atoms with Crippen LogP contribution in [0.2, 0.25) is 5.02 Å². The van der Waals surface area contributed by atoms with Crippen molar-refractivity contribution in [2.24, 2.45) is 7.05 Å². The van der Waals surface area contributed by atoms with Gasteiger partial charge in [0.25, 0.3) is 5.91 Å². The molecule has 3 amide bonds. The van der Waals surface area contributed by atoms with Gasteiger partial charge in [0.05, 0.1) is 18.5 Å². The topological polar surface area (TPSA) is 158 Å². The highest BCUT2D eigenvalue weighted by molar-refractivity contribution is 6.30. The number of carbonyl (C=O) groups excluding carboxylic acids is 3. The van der Waals surface area contributed by atoms with E-state index in [9.17, 15) is 14.4 Å². The fourth-order valence-electron chi connectivity index (χ4n) is 3.80. The molecule has 0 radical (unpaired) electrons. The third-order valence-corrected chi connectivity index (χ3v) is 5.95. The highest BCUT2D eigenvalue weighted by atomic mass is 35.5. The van der Waals surface area contributed by atoms with Gasteiger partial charge in [0, 0.05) is 42.5 Å². The molecular weight excluding hydrogens is 526 g/mol. The first kappa shape index (κ1) is 27.3. The van der Waals surface area contributed by atoms with Crippen molar-refractivity contribution < 1.29 is 19.1 Å². The molecule has 2 aromatic heterocycles. The van der Waals surface area contributed by atoms with E-state index in [0.717, 1.165) is 11.3 Å². The Morgan fingerprint density at radius 2 is 1.90 bits per heavy atom. The van der Waals surface area contributed by atoms with Crippen LogP contribution >= 0.6 is 11.6 Å². The quantitative estimate of drug-likeness (QED) is 0.270. The lowest BCUT2D eigenvalue weighted by Gasteiger charge is -2.18. The molecule has 14 heteroatoms. The van der Waals surface area contributed by atoms with Crippen LogP contribution in [0, 0.1) is 0 Å². The Balaban J connectivity index is 1.43. The second kappa shape index (κ2) is 12.6. The molecule has 3 N–H and O–H groups in total. The molecule has 202 valence electrons. The Bertz CT molecular complexity index is 1440. The van der Waals surface area contributed by atoms with Crippen LogP contribution in [-0.4, -0.2) is 67.6 Å². The zero-order chi connectivity index (χ0) is 27.8. The van der Waals surface area contributed by atoms with Crippen LogP contribution in [-0.2, 0) is 29.4 Å². The Morgan fingerprint density at radius 1 is 1.10 bits per heavy atom. The standard InChI is InChI=1S/C25H26ClN9O4/c1-34-12-10-20(31-34)14-21(30-23(36)16-3-6-19(7-4-16)29-25(38)39-2)24(37)27-11-9-17-13-18(26)5-8-22(17)35-15-28-32-33-35/h3-8,10,12-13,15,21H,9,11,14H2,1-2H3,(H,27,37)(H,29,38)(H,30,36). The van der Waals surface area contributed by atoms with Gasteiger partial charge in [-0.3, -0.25) is 19.6 Å². The number of halogens is 1. The molecule has 0 fully saturated rings. The van der Waals surface area contributed by atoms with Crippen molar-refractivity contribution >= 4 is 35.2 Å². The largest absolute Gasteiger partial charge is 0.453 e. The van der Waals surface area contributed by atoms with E-state index in [1.54, 1.807) is 54.3 Å². The molecule has 2 heterocycles. The van der Waals surface area contributed by atoms with Gasteiger partial charge < -0.3 is 15.4 Å². The van der Waals surface area contributed by atoms with Crippen molar-refractivity contribution in [1.82, 2.24) is 40.6 Å². The fourth-order valence-corrected chi connectivity index (χ4v) is 3.99. The number of aromatic nitrogens is 6. The Labute approximate surface area is 228 Å². The molecule has 0 saturated carbocycles. The van der Waals surface area contributed by atoms with E-state index >= 15 is 0 Å². The highest BCUT2D eigenvalue weighted by Crippen LogP contribution is 2.19. The molecule has 2 aromatic carbocycles. The zero-order valence-electron chi connectivity index (χ0n) is 21.2. The molecule has 0 aliphatic rings. The van der Waals surface area contributed by atoms with Gasteiger partial charge in [0.1, 0.15) is 12.4 Å². The van der Waals surface area contributed by atoms with E-state index in [1.165, 1.54) is 30.3 Å². The number of benzene rings is 2. The molecule has 4 aromatic rings. The second-order valence-corrected chi connectivity index (χ2v) is 8.91. The third kappa shape index (κ3) is 7.38. The van der Waals surface area contributed by atoms with Gasteiger partial charge >= 0.3 is 6.09 Å². The predicted molar refractivity (Wildman–Crippen MR) is 142 cm³/mol. The number of carbonyl (C=O) groups is 3. The highest BCUT2D eigenvalue weighted by Gasteiger charge is 2.23. The second-order valence-electron chi connectivity index (χ2n) is 8.47.